The van der Waals surface area contributed by atoms with Crippen molar-refractivity contribution in [2.45, 2.75) is 6.92 Å². The van der Waals surface area contributed by atoms with Crippen molar-refractivity contribution < 1.29 is 4.79 Å². The summed E-state index contributed by atoms with van der Waals surface area (Å²) >= 11 is 3.15. The maximum atomic E-state index is 11.4. The Morgan fingerprint density at radius 3 is 3.00 bits per heavy atom. The third-order valence-corrected chi connectivity index (χ3v) is 1.78. The van der Waals surface area contributed by atoms with Gasteiger partial charge in [0.15, 0.2) is 0 Å². The van der Waals surface area contributed by atoms with Crippen LogP contribution in [0.3, 0.4) is 0 Å². The van der Waals surface area contributed by atoms with Gasteiger partial charge in [-0.2, -0.15) is 5.10 Å². The van der Waals surface area contributed by atoms with Gasteiger partial charge in [-0.25, -0.2) is 0 Å². The number of H-pyrrole nitrogens is 1. The summed E-state index contributed by atoms with van der Waals surface area (Å²) in [5.74, 6) is -0.171. The lowest BCUT2D eigenvalue weighted by Crippen LogP contribution is -2.25. The monoisotopic (exact) mass is 243 g/mol. The first kappa shape index (κ1) is 9.98. The van der Waals surface area contributed by atoms with E-state index in [1.807, 2.05) is 6.92 Å². The summed E-state index contributed by atoms with van der Waals surface area (Å²) in [5.41, 5.74) is 1.33. The van der Waals surface area contributed by atoms with E-state index in [1.54, 1.807) is 6.20 Å². The Morgan fingerprint density at radius 1 is 1.85 bits per heavy atom. The van der Waals surface area contributed by atoms with E-state index in [-0.39, 0.29) is 5.91 Å². The summed E-state index contributed by atoms with van der Waals surface area (Å²) in [6, 6.07) is 0. The quantitative estimate of drug-likeness (QED) is 0.843. The van der Waals surface area contributed by atoms with E-state index in [4.69, 9.17) is 0 Å². The third-order valence-electron chi connectivity index (χ3n) is 1.50. The van der Waals surface area contributed by atoms with Gasteiger partial charge in [0.1, 0.15) is 5.69 Å². The molecule has 0 saturated heterocycles. The van der Waals surface area contributed by atoms with Crippen LogP contribution in [0.1, 0.15) is 16.1 Å². The molecule has 13 heavy (non-hydrogen) atoms. The number of nitrogens with one attached hydrogen (secondary N) is 2. The Kier molecular flexibility index (Phi) is 3.25. The summed E-state index contributed by atoms with van der Waals surface area (Å²) < 4.78 is 0.734. The number of amides is 1. The molecule has 1 aromatic rings. The predicted octanol–water partition coefficient (Wildman–Crippen LogP) is 1.36. The predicted molar refractivity (Wildman–Crippen MR) is 53.7 cm³/mol. The fourth-order valence-electron chi connectivity index (χ4n) is 0.841. The van der Waals surface area contributed by atoms with Gasteiger partial charge in [0, 0.05) is 11.0 Å². The van der Waals surface area contributed by atoms with Crippen LogP contribution in [0.2, 0.25) is 0 Å². The van der Waals surface area contributed by atoms with Crippen molar-refractivity contribution in [3.05, 3.63) is 28.5 Å². The number of halogens is 1. The summed E-state index contributed by atoms with van der Waals surface area (Å²) in [5, 5.41) is 9.04. The van der Waals surface area contributed by atoms with Gasteiger partial charge in [0.25, 0.3) is 5.91 Å². The second kappa shape index (κ2) is 4.23. The number of hydrogen-bond donors (Lipinski definition) is 2. The van der Waals surface area contributed by atoms with Gasteiger partial charge >= 0.3 is 0 Å². The smallest absolute Gasteiger partial charge is 0.269 e. The second-order valence-electron chi connectivity index (χ2n) is 2.63. The lowest BCUT2D eigenvalue weighted by atomic mass is 10.2. The molecule has 1 heterocycles. The minimum atomic E-state index is -0.171. The van der Waals surface area contributed by atoms with Crippen molar-refractivity contribution in [3.8, 4) is 0 Å². The van der Waals surface area contributed by atoms with Gasteiger partial charge in [-0.15, -0.1) is 0 Å². The molecule has 0 aliphatic rings. The number of rotatable bonds is 3. The maximum absolute atomic E-state index is 11.4. The van der Waals surface area contributed by atoms with E-state index >= 15 is 0 Å². The van der Waals surface area contributed by atoms with E-state index < -0.39 is 0 Å². The van der Waals surface area contributed by atoms with Crippen LogP contribution in [0.5, 0.6) is 0 Å². The first-order valence-corrected chi connectivity index (χ1v) is 4.52. The zero-order chi connectivity index (χ0) is 9.84. The van der Waals surface area contributed by atoms with Crippen LogP contribution in [0.4, 0.5) is 0 Å². The van der Waals surface area contributed by atoms with Crippen LogP contribution in [-0.4, -0.2) is 22.6 Å². The highest BCUT2D eigenvalue weighted by Crippen LogP contribution is 2.02. The third kappa shape index (κ3) is 2.69. The molecule has 1 rings (SSSR count). The minimum absolute atomic E-state index is 0.171. The van der Waals surface area contributed by atoms with Crippen LogP contribution >= 0.6 is 15.9 Å². The van der Waals surface area contributed by atoms with Gasteiger partial charge in [-0.3, -0.25) is 9.89 Å². The standard InChI is InChI=1S/C8H10BrN3O/c1-5-3-11-12-7(5)8(13)10-4-6(2)9/h3H,2,4H2,1H3,(H,10,13)(H,11,12). The fraction of sp³-hybridized carbons (Fsp3) is 0.250. The molecule has 0 aromatic carbocycles. The molecule has 1 amide bonds. The van der Waals surface area contributed by atoms with Crippen LogP contribution in [0, 0.1) is 6.92 Å². The maximum Gasteiger partial charge on any atom is 0.269 e. The summed E-state index contributed by atoms with van der Waals surface area (Å²) in [7, 11) is 0. The first-order chi connectivity index (χ1) is 6.11. The largest absolute Gasteiger partial charge is 0.346 e. The second-order valence-corrected chi connectivity index (χ2v) is 3.75. The highest BCUT2D eigenvalue weighted by molar-refractivity contribution is 9.11. The molecule has 0 fully saturated rings. The average Bonchev–Trinajstić information content (AvgIpc) is 2.47. The van der Waals surface area contributed by atoms with Gasteiger partial charge < -0.3 is 5.32 Å². The molecule has 0 aliphatic heterocycles. The molecule has 0 saturated carbocycles. The average molecular weight is 244 g/mol. The van der Waals surface area contributed by atoms with E-state index in [0.717, 1.165) is 10.0 Å². The van der Waals surface area contributed by atoms with E-state index in [1.165, 1.54) is 0 Å². The van der Waals surface area contributed by atoms with Crippen LogP contribution < -0.4 is 5.32 Å². The van der Waals surface area contributed by atoms with Gasteiger partial charge in [-0.1, -0.05) is 22.5 Å². The molecule has 0 radical (unpaired) electrons. The molecular weight excluding hydrogens is 234 g/mol. The summed E-state index contributed by atoms with van der Waals surface area (Å²) in [6.45, 7) is 5.84. The van der Waals surface area contributed by atoms with Gasteiger partial charge in [0.2, 0.25) is 0 Å². The normalized spacial score (nSPS) is 9.69. The number of aromatic nitrogens is 2. The Bertz CT molecular complexity index is 332. The lowest BCUT2D eigenvalue weighted by molar-refractivity contribution is 0.0952. The Hall–Kier alpha value is -1.10. The SMILES string of the molecule is C=C(Br)CNC(=O)c1[nH]ncc1C. The van der Waals surface area contributed by atoms with Crippen molar-refractivity contribution in [2.75, 3.05) is 6.54 Å². The molecule has 0 spiro atoms. The molecule has 70 valence electrons. The summed E-state index contributed by atoms with van der Waals surface area (Å²) in [6.07, 6.45) is 1.61. The number of aromatic amines is 1. The van der Waals surface area contributed by atoms with E-state index in [0.29, 0.717) is 12.2 Å². The van der Waals surface area contributed by atoms with Gasteiger partial charge in [0.05, 0.1) is 6.20 Å². The van der Waals surface area contributed by atoms with Crippen molar-refractivity contribution in [1.82, 2.24) is 15.5 Å². The molecule has 0 atom stereocenters. The number of carbonyl (C=O) groups is 1. The Morgan fingerprint density at radius 2 is 2.54 bits per heavy atom. The first-order valence-electron chi connectivity index (χ1n) is 3.72. The molecule has 0 bridgehead atoms. The molecule has 0 unspecified atom stereocenters. The minimum Gasteiger partial charge on any atom is -0.346 e. The van der Waals surface area contributed by atoms with Crippen LogP contribution in [0.25, 0.3) is 0 Å². The van der Waals surface area contributed by atoms with Gasteiger partial charge in [-0.05, 0) is 12.5 Å². The Balaban J connectivity index is 2.59. The lowest BCUT2D eigenvalue weighted by Gasteiger charge is -2.01. The van der Waals surface area contributed by atoms with Crippen molar-refractivity contribution >= 4 is 21.8 Å². The number of hydrogen-bond acceptors (Lipinski definition) is 2. The van der Waals surface area contributed by atoms with Crippen molar-refractivity contribution in [2.24, 2.45) is 0 Å². The zero-order valence-corrected chi connectivity index (χ0v) is 8.81. The number of aryl methyl sites for hydroxylation is 1. The number of carbonyl (C=O) groups excluding carboxylic acids is 1. The zero-order valence-electron chi connectivity index (χ0n) is 7.22. The highest BCUT2D eigenvalue weighted by Gasteiger charge is 2.09. The molecule has 1 aromatic heterocycles. The van der Waals surface area contributed by atoms with Crippen LogP contribution in [0.15, 0.2) is 17.3 Å². The van der Waals surface area contributed by atoms with Crippen molar-refractivity contribution in [3.63, 3.8) is 0 Å². The molecule has 0 aliphatic carbocycles. The van der Waals surface area contributed by atoms with E-state index in [9.17, 15) is 4.79 Å². The number of nitrogens with zero attached hydrogens (tertiary/aromatic N) is 1. The van der Waals surface area contributed by atoms with Crippen molar-refractivity contribution in [1.29, 1.82) is 0 Å². The molecular formula is C8H10BrN3O. The topological polar surface area (TPSA) is 57.8 Å². The summed E-state index contributed by atoms with van der Waals surface area (Å²) in [4.78, 5) is 11.4. The van der Waals surface area contributed by atoms with E-state index in [2.05, 4.69) is 38.0 Å². The highest BCUT2D eigenvalue weighted by atomic mass is 79.9. The molecule has 2 N–H and O–H groups in total. The Labute approximate surface area is 84.5 Å². The molecule has 5 heteroatoms. The fourth-order valence-corrected chi connectivity index (χ4v) is 0.981. The molecule has 4 nitrogen and oxygen atoms in total. The van der Waals surface area contributed by atoms with Crippen LogP contribution in [-0.2, 0) is 0 Å².